The number of carboxylic acid groups (broad SMARTS) is 1. The molecule has 26 heavy (non-hydrogen) atoms. The third-order valence-electron chi connectivity index (χ3n) is 4.43. The number of aromatic nitrogens is 2. The van der Waals surface area contributed by atoms with Crippen LogP contribution in [0.15, 0.2) is 18.3 Å². The maximum Gasteiger partial charge on any atom is 0.404 e. The number of nitrogens with zero attached hydrogens (tertiary/aromatic N) is 2. The Morgan fingerprint density at radius 3 is 2.96 bits per heavy atom. The average Bonchev–Trinajstić information content (AvgIpc) is 2.63. The minimum atomic E-state index is -1.11. The summed E-state index contributed by atoms with van der Waals surface area (Å²) >= 11 is 0. The van der Waals surface area contributed by atoms with Gasteiger partial charge in [-0.05, 0) is 18.9 Å². The highest BCUT2D eigenvalue weighted by Gasteiger charge is 2.29. The van der Waals surface area contributed by atoms with Crippen LogP contribution in [0.2, 0.25) is 0 Å². The third kappa shape index (κ3) is 4.00. The lowest BCUT2D eigenvalue weighted by atomic mass is 9.96. The first-order chi connectivity index (χ1) is 12.5. The number of nitrogens with one attached hydrogen (secondary N) is 1. The van der Waals surface area contributed by atoms with E-state index in [9.17, 15) is 14.3 Å². The van der Waals surface area contributed by atoms with Gasteiger partial charge in [0.05, 0.1) is 49.2 Å². The van der Waals surface area contributed by atoms with E-state index in [1.165, 1.54) is 7.11 Å². The molecule has 9 heteroatoms. The summed E-state index contributed by atoms with van der Waals surface area (Å²) in [6.07, 6.45) is -0.445. The number of fused-ring (bicyclic) bond motifs is 1. The Balaban J connectivity index is 1.74. The van der Waals surface area contributed by atoms with Gasteiger partial charge in [0.25, 0.3) is 0 Å². The topological polar surface area (TPSA) is 114 Å². The van der Waals surface area contributed by atoms with E-state index in [1.54, 1.807) is 12.1 Å². The highest BCUT2D eigenvalue weighted by atomic mass is 19.1. The van der Waals surface area contributed by atoms with Crippen LogP contribution in [0.25, 0.3) is 11.0 Å². The summed E-state index contributed by atoms with van der Waals surface area (Å²) in [6, 6.07) is 3.00. The van der Waals surface area contributed by atoms with Crippen LogP contribution in [0.3, 0.4) is 0 Å². The van der Waals surface area contributed by atoms with Gasteiger partial charge >= 0.3 is 6.09 Å². The van der Waals surface area contributed by atoms with E-state index in [0.717, 1.165) is 6.20 Å². The number of amides is 1. The second kappa shape index (κ2) is 7.79. The van der Waals surface area contributed by atoms with Crippen LogP contribution in [0, 0.1) is 5.82 Å². The summed E-state index contributed by atoms with van der Waals surface area (Å²) in [5.41, 5.74) is 1.09. The number of methoxy groups -OCH3 is 1. The quantitative estimate of drug-likeness (QED) is 0.736. The fourth-order valence-electron chi connectivity index (χ4n) is 3.09. The van der Waals surface area contributed by atoms with E-state index in [-0.39, 0.29) is 24.6 Å². The standard InChI is InChI=1S/C17H20FN3O5/c1-25-15-5-3-12-16(21-15)10(11(18)7-19-12)6-13(22)14-4-2-9(8-26-14)20-17(23)24/h3,5,7,9,13-14,20,22H,2,4,6,8H2,1H3,(H,23,24)/t9-,13+,14+/m1/s1. The summed E-state index contributed by atoms with van der Waals surface area (Å²) in [5.74, 6) is -0.226. The SMILES string of the molecule is COc1ccc2ncc(F)c(C[C@H](O)[C@@H]3CC[C@@H](NC(=O)O)CO3)c2n1. The maximum atomic E-state index is 14.3. The van der Waals surface area contributed by atoms with Crippen molar-refractivity contribution in [3.63, 3.8) is 0 Å². The monoisotopic (exact) mass is 365 g/mol. The number of aliphatic hydroxyl groups is 1. The highest BCUT2D eigenvalue weighted by molar-refractivity contribution is 5.78. The normalized spacial score (nSPS) is 21.3. The lowest BCUT2D eigenvalue weighted by Gasteiger charge is -2.31. The molecule has 8 nitrogen and oxygen atoms in total. The molecule has 3 N–H and O–H groups in total. The average molecular weight is 365 g/mol. The van der Waals surface area contributed by atoms with Gasteiger partial charge < -0.3 is 25.0 Å². The minimum absolute atomic E-state index is 0.00666. The van der Waals surface area contributed by atoms with Crippen LogP contribution in [-0.4, -0.2) is 58.2 Å². The third-order valence-corrected chi connectivity index (χ3v) is 4.43. The van der Waals surface area contributed by atoms with Gasteiger partial charge in [-0.25, -0.2) is 14.2 Å². The molecule has 1 fully saturated rings. The maximum absolute atomic E-state index is 14.3. The molecule has 3 rings (SSSR count). The molecule has 0 unspecified atom stereocenters. The Labute approximate surface area is 149 Å². The molecule has 1 saturated heterocycles. The molecule has 140 valence electrons. The van der Waals surface area contributed by atoms with Crippen molar-refractivity contribution in [3.05, 3.63) is 29.7 Å². The van der Waals surface area contributed by atoms with Gasteiger partial charge in [0, 0.05) is 18.1 Å². The molecular formula is C17H20FN3O5. The molecule has 0 aliphatic carbocycles. The summed E-state index contributed by atoms with van der Waals surface area (Å²) < 4.78 is 25.0. The smallest absolute Gasteiger partial charge is 0.404 e. The van der Waals surface area contributed by atoms with Crippen LogP contribution in [0.1, 0.15) is 18.4 Å². The Kier molecular flexibility index (Phi) is 5.48. The fourth-order valence-corrected chi connectivity index (χ4v) is 3.09. The van der Waals surface area contributed by atoms with Crippen LogP contribution < -0.4 is 10.1 Å². The van der Waals surface area contributed by atoms with Gasteiger partial charge in [-0.1, -0.05) is 0 Å². The van der Waals surface area contributed by atoms with Gasteiger partial charge in [0.15, 0.2) is 0 Å². The first-order valence-corrected chi connectivity index (χ1v) is 8.25. The first kappa shape index (κ1) is 18.3. The summed E-state index contributed by atoms with van der Waals surface area (Å²) in [5, 5.41) is 21.6. The van der Waals surface area contributed by atoms with Crippen LogP contribution in [0.4, 0.5) is 9.18 Å². The van der Waals surface area contributed by atoms with Gasteiger partial charge in [-0.2, -0.15) is 0 Å². The van der Waals surface area contributed by atoms with E-state index in [2.05, 4.69) is 15.3 Å². The molecule has 0 radical (unpaired) electrons. The van der Waals surface area contributed by atoms with Crippen LogP contribution >= 0.6 is 0 Å². The number of pyridine rings is 2. The van der Waals surface area contributed by atoms with Crippen LogP contribution in [-0.2, 0) is 11.2 Å². The molecular weight excluding hydrogens is 345 g/mol. The minimum Gasteiger partial charge on any atom is -0.481 e. The van der Waals surface area contributed by atoms with Crippen molar-refractivity contribution in [1.29, 1.82) is 0 Å². The van der Waals surface area contributed by atoms with Crippen molar-refractivity contribution < 1.29 is 28.9 Å². The van der Waals surface area contributed by atoms with E-state index in [1.807, 2.05) is 0 Å². The van der Waals surface area contributed by atoms with Crippen LogP contribution in [0.5, 0.6) is 5.88 Å². The predicted octanol–water partition coefficient (Wildman–Crippen LogP) is 1.50. The molecule has 0 spiro atoms. The number of hydrogen-bond donors (Lipinski definition) is 3. The molecule has 0 aromatic carbocycles. The van der Waals surface area contributed by atoms with E-state index in [4.69, 9.17) is 14.6 Å². The van der Waals surface area contributed by atoms with E-state index in [0.29, 0.717) is 29.8 Å². The van der Waals surface area contributed by atoms with Gasteiger partial charge in [0.2, 0.25) is 5.88 Å². The molecule has 3 heterocycles. The zero-order valence-electron chi connectivity index (χ0n) is 14.2. The summed E-state index contributed by atoms with van der Waals surface area (Å²) in [4.78, 5) is 18.9. The van der Waals surface area contributed by atoms with Gasteiger partial charge in [-0.3, -0.25) is 4.98 Å². The Hall–Kier alpha value is -2.52. The number of carbonyl (C=O) groups is 1. The highest BCUT2D eigenvalue weighted by Crippen LogP contribution is 2.25. The van der Waals surface area contributed by atoms with Crippen molar-refractivity contribution in [2.45, 2.75) is 37.5 Å². The Morgan fingerprint density at radius 2 is 2.31 bits per heavy atom. The molecule has 0 saturated carbocycles. The molecule has 2 aromatic heterocycles. The summed E-state index contributed by atoms with van der Waals surface area (Å²) in [6.45, 7) is 0.166. The second-order valence-electron chi connectivity index (χ2n) is 6.17. The lowest BCUT2D eigenvalue weighted by molar-refractivity contribution is -0.0708. The largest absolute Gasteiger partial charge is 0.481 e. The van der Waals surface area contributed by atoms with E-state index < -0.39 is 24.1 Å². The summed E-state index contributed by atoms with van der Waals surface area (Å²) in [7, 11) is 1.47. The van der Waals surface area contributed by atoms with Crippen molar-refractivity contribution in [2.75, 3.05) is 13.7 Å². The van der Waals surface area contributed by atoms with Crippen molar-refractivity contribution >= 4 is 17.1 Å². The zero-order chi connectivity index (χ0) is 18.7. The first-order valence-electron chi connectivity index (χ1n) is 8.25. The second-order valence-corrected chi connectivity index (χ2v) is 6.17. The van der Waals surface area contributed by atoms with E-state index >= 15 is 0 Å². The molecule has 1 aliphatic heterocycles. The molecule has 2 aromatic rings. The number of aliphatic hydroxyl groups excluding tert-OH is 1. The molecule has 0 bridgehead atoms. The molecule has 1 amide bonds. The van der Waals surface area contributed by atoms with Crippen molar-refractivity contribution in [2.24, 2.45) is 0 Å². The predicted molar refractivity (Wildman–Crippen MR) is 89.7 cm³/mol. The Morgan fingerprint density at radius 1 is 1.50 bits per heavy atom. The molecule has 1 aliphatic rings. The van der Waals surface area contributed by atoms with Crippen molar-refractivity contribution in [1.82, 2.24) is 15.3 Å². The molecule has 3 atom stereocenters. The fraction of sp³-hybridized carbons (Fsp3) is 0.471. The Bertz CT molecular complexity index is 795. The zero-order valence-corrected chi connectivity index (χ0v) is 14.2. The van der Waals surface area contributed by atoms with Gasteiger partial charge in [0.1, 0.15) is 5.82 Å². The van der Waals surface area contributed by atoms with Gasteiger partial charge in [-0.15, -0.1) is 0 Å². The van der Waals surface area contributed by atoms with Crippen molar-refractivity contribution in [3.8, 4) is 5.88 Å². The number of halogens is 1. The number of hydrogen-bond acceptors (Lipinski definition) is 6. The number of ether oxygens (including phenoxy) is 2. The number of rotatable bonds is 5. The lowest BCUT2D eigenvalue weighted by Crippen LogP contribution is -2.45.